The van der Waals surface area contributed by atoms with Crippen LogP contribution in [-0.2, 0) is 19.6 Å². The van der Waals surface area contributed by atoms with Crippen LogP contribution in [0.4, 0.5) is 0 Å². The van der Waals surface area contributed by atoms with Crippen LogP contribution in [0.2, 0.25) is 0 Å². The van der Waals surface area contributed by atoms with Crippen molar-refractivity contribution >= 4 is 15.9 Å². The van der Waals surface area contributed by atoms with Gasteiger partial charge in [-0.15, -0.1) is 0 Å². The van der Waals surface area contributed by atoms with E-state index in [1.165, 1.54) is 11.4 Å². The zero-order valence-corrected chi connectivity index (χ0v) is 12.6. The average molecular weight is 280 g/mol. The van der Waals surface area contributed by atoms with Gasteiger partial charge < -0.3 is 10.1 Å². The first kappa shape index (κ1) is 17.3. The van der Waals surface area contributed by atoms with E-state index in [1.807, 2.05) is 20.8 Å². The summed E-state index contributed by atoms with van der Waals surface area (Å²) in [6.45, 7) is 6.60. The number of methoxy groups -OCH3 is 1. The van der Waals surface area contributed by atoms with Gasteiger partial charge in [0.1, 0.15) is 0 Å². The zero-order valence-electron chi connectivity index (χ0n) is 11.8. The van der Waals surface area contributed by atoms with Crippen LogP contribution in [0.3, 0.4) is 0 Å². The molecule has 0 saturated heterocycles. The minimum Gasteiger partial charge on any atom is -0.383 e. The zero-order chi connectivity index (χ0) is 14.4. The van der Waals surface area contributed by atoms with Crippen molar-refractivity contribution < 1.29 is 17.9 Å². The van der Waals surface area contributed by atoms with Gasteiger partial charge in [0.15, 0.2) is 0 Å². The third-order valence-corrected chi connectivity index (χ3v) is 3.64. The lowest BCUT2D eigenvalue weighted by atomic mass is 9.96. The molecule has 108 valence electrons. The van der Waals surface area contributed by atoms with Crippen molar-refractivity contribution in [3.8, 4) is 0 Å². The minimum absolute atomic E-state index is 0.0947. The molecule has 7 heteroatoms. The molecule has 0 rings (SSSR count). The Labute approximate surface area is 110 Å². The molecule has 6 nitrogen and oxygen atoms in total. The van der Waals surface area contributed by atoms with E-state index in [-0.39, 0.29) is 12.5 Å². The highest BCUT2D eigenvalue weighted by Crippen LogP contribution is 2.12. The third kappa shape index (κ3) is 6.93. The van der Waals surface area contributed by atoms with Gasteiger partial charge in [0, 0.05) is 32.2 Å². The van der Waals surface area contributed by atoms with E-state index in [2.05, 4.69) is 5.32 Å². The van der Waals surface area contributed by atoms with Gasteiger partial charge in [-0.2, -0.15) is 4.31 Å². The van der Waals surface area contributed by atoms with Crippen molar-refractivity contribution in [1.82, 2.24) is 9.62 Å². The second-order valence-corrected chi connectivity index (χ2v) is 7.14. The van der Waals surface area contributed by atoms with Crippen molar-refractivity contribution in [3.63, 3.8) is 0 Å². The van der Waals surface area contributed by atoms with Crippen molar-refractivity contribution in [3.05, 3.63) is 0 Å². The van der Waals surface area contributed by atoms with E-state index >= 15 is 0 Å². The number of ether oxygens (including phenoxy) is 1. The lowest BCUT2D eigenvalue weighted by Gasteiger charge is -2.22. The third-order valence-electron chi connectivity index (χ3n) is 2.34. The highest BCUT2D eigenvalue weighted by atomic mass is 32.2. The summed E-state index contributed by atoms with van der Waals surface area (Å²) < 4.78 is 29.1. The standard InChI is InChI=1S/C11H24N2O4S/c1-11(2,3)10(14)12-6-7-13(8-9-17-4)18(5,15)16/h6-9H2,1-5H3,(H,12,14). The van der Waals surface area contributed by atoms with Gasteiger partial charge >= 0.3 is 0 Å². The van der Waals surface area contributed by atoms with E-state index in [4.69, 9.17) is 4.74 Å². The number of carbonyl (C=O) groups is 1. The number of hydrogen-bond donors (Lipinski definition) is 1. The molecular weight excluding hydrogens is 256 g/mol. The molecule has 0 bridgehead atoms. The number of rotatable bonds is 7. The second-order valence-electron chi connectivity index (χ2n) is 5.16. The van der Waals surface area contributed by atoms with E-state index in [1.54, 1.807) is 0 Å². The highest BCUT2D eigenvalue weighted by Gasteiger charge is 2.21. The molecule has 1 amide bonds. The molecule has 1 N–H and O–H groups in total. The molecule has 0 aromatic carbocycles. The van der Waals surface area contributed by atoms with Gasteiger partial charge in [0.05, 0.1) is 12.9 Å². The first-order valence-electron chi connectivity index (χ1n) is 5.81. The van der Waals surface area contributed by atoms with Gasteiger partial charge in [-0.1, -0.05) is 20.8 Å². The fourth-order valence-corrected chi connectivity index (χ4v) is 2.02. The summed E-state index contributed by atoms with van der Waals surface area (Å²) in [4.78, 5) is 11.6. The topological polar surface area (TPSA) is 75.7 Å². The minimum atomic E-state index is -3.27. The maximum atomic E-state index is 11.6. The summed E-state index contributed by atoms with van der Waals surface area (Å²) in [5.41, 5.74) is -0.470. The van der Waals surface area contributed by atoms with Crippen LogP contribution in [0, 0.1) is 5.41 Å². The Morgan fingerprint density at radius 3 is 2.22 bits per heavy atom. The number of amides is 1. The summed E-state index contributed by atoms with van der Waals surface area (Å²) in [5.74, 6) is -0.0947. The fourth-order valence-electron chi connectivity index (χ4n) is 1.20. The lowest BCUT2D eigenvalue weighted by Crippen LogP contribution is -2.42. The second kappa shape index (κ2) is 7.06. The van der Waals surface area contributed by atoms with Crippen LogP contribution in [0.15, 0.2) is 0 Å². The molecule has 0 saturated carbocycles. The monoisotopic (exact) mass is 280 g/mol. The van der Waals surface area contributed by atoms with E-state index in [0.29, 0.717) is 19.7 Å². The van der Waals surface area contributed by atoms with E-state index < -0.39 is 15.4 Å². The Morgan fingerprint density at radius 1 is 1.28 bits per heavy atom. The van der Waals surface area contributed by atoms with E-state index in [0.717, 1.165) is 6.26 Å². The van der Waals surface area contributed by atoms with Gasteiger partial charge in [-0.05, 0) is 0 Å². The number of sulfonamides is 1. The Hall–Kier alpha value is -0.660. The molecular formula is C11H24N2O4S. The Kier molecular flexibility index (Phi) is 6.80. The molecule has 0 fully saturated rings. The van der Waals surface area contributed by atoms with Crippen molar-refractivity contribution in [1.29, 1.82) is 0 Å². The summed E-state index contributed by atoms with van der Waals surface area (Å²) in [5, 5.41) is 2.72. The summed E-state index contributed by atoms with van der Waals surface area (Å²) in [7, 11) is -1.75. The highest BCUT2D eigenvalue weighted by molar-refractivity contribution is 7.88. The van der Waals surface area contributed by atoms with Gasteiger partial charge in [-0.3, -0.25) is 4.79 Å². The van der Waals surface area contributed by atoms with Crippen molar-refractivity contribution in [2.24, 2.45) is 5.41 Å². The quantitative estimate of drug-likeness (QED) is 0.715. The lowest BCUT2D eigenvalue weighted by molar-refractivity contribution is -0.128. The largest absolute Gasteiger partial charge is 0.383 e. The van der Waals surface area contributed by atoms with Crippen LogP contribution in [0.5, 0.6) is 0 Å². The Bertz CT molecular complexity index is 360. The molecule has 0 aliphatic rings. The summed E-state index contributed by atoms with van der Waals surface area (Å²) >= 11 is 0. The average Bonchev–Trinajstić information content (AvgIpc) is 2.19. The van der Waals surface area contributed by atoms with Crippen LogP contribution in [0.25, 0.3) is 0 Å². The molecule has 0 radical (unpaired) electrons. The number of nitrogens with one attached hydrogen (secondary N) is 1. The maximum absolute atomic E-state index is 11.6. The van der Waals surface area contributed by atoms with Crippen molar-refractivity contribution in [2.45, 2.75) is 20.8 Å². The summed E-state index contributed by atoms with van der Waals surface area (Å²) in [6, 6.07) is 0. The first-order valence-corrected chi connectivity index (χ1v) is 7.66. The van der Waals surface area contributed by atoms with Gasteiger partial charge in [-0.25, -0.2) is 8.42 Å². The van der Waals surface area contributed by atoms with Gasteiger partial charge in [0.2, 0.25) is 15.9 Å². The number of hydrogen-bond acceptors (Lipinski definition) is 4. The van der Waals surface area contributed by atoms with Crippen LogP contribution in [-0.4, -0.2) is 58.2 Å². The first-order chi connectivity index (χ1) is 8.09. The molecule has 0 aliphatic heterocycles. The molecule has 0 aromatic heterocycles. The molecule has 0 atom stereocenters. The van der Waals surface area contributed by atoms with Crippen LogP contribution < -0.4 is 5.32 Å². The van der Waals surface area contributed by atoms with E-state index in [9.17, 15) is 13.2 Å². The molecule has 0 heterocycles. The Balaban J connectivity index is 4.25. The summed E-state index contributed by atoms with van der Waals surface area (Å²) in [6.07, 6.45) is 1.15. The molecule has 0 spiro atoms. The normalized spacial score (nSPS) is 12.8. The van der Waals surface area contributed by atoms with Crippen LogP contribution >= 0.6 is 0 Å². The fraction of sp³-hybridized carbons (Fsp3) is 0.909. The number of carbonyl (C=O) groups excluding carboxylic acids is 1. The SMILES string of the molecule is COCCN(CCNC(=O)C(C)(C)C)S(C)(=O)=O. The smallest absolute Gasteiger partial charge is 0.225 e. The van der Waals surface area contributed by atoms with Crippen LogP contribution in [0.1, 0.15) is 20.8 Å². The predicted molar refractivity (Wildman–Crippen MR) is 70.8 cm³/mol. The molecule has 18 heavy (non-hydrogen) atoms. The molecule has 0 aliphatic carbocycles. The number of nitrogens with zero attached hydrogens (tertiary/aromatic N) is 1. The molecule has 0 unspecified atom stereocenters. The predicted octanol–water partition coefficient (Wildman–Crippen LogP) is 0.0567. The van der Waals surface area contributed by atoms with Gasteiger partial charge in [0.25, 0.3) is 0 Å². The van der Waals surface area contributed by atoms with Crippen molar-refractivity contribution in [2.75, 3.05) is 39.6 Å². The molecule has 0 aromatic rings. The Morgan fingerprint density at radius 2 is 1.83 bits per heavy atom. The maximum Gasteiger partial charge on any atom is 0.225 e.